The number of ether oxygens (including phenoxy) is 2. The summed E-state index contributed by atoms with van der Waals surface area (Å²) in [5.74, 6) is -0.305. The molecule has 2 saturated heterocycles. The minimum Gasteiger partial charge on any atom is -0.378 e. The molecule has 0 radical (unpaired) electrons. The quantitative estimate of drug-likeness (QED) is 0.804. The van der Waals surface area contributed by atoms with Gasteiger partial charge in [-0.15, -0.1) is 0 Å². The second-order valence-corrected chi connectivity index (χ2v) is 7.39. The fourth-order valence-electron chi connectivity index (χ4n) is 4.36. The lowest BCUT2D eigenvalue weighted by molar-refractivity contribution is -0.183. The predicted octanol–water partition coefficient (Wildman–Crippen LogP) is 1.73. The minimum atomic E-state index is -0.359. The molecule has 27 heavy (non-hydrogen) atoms. The topological polar surface area (TPSA) is 73.7 Å². The molecular formula is C20H25N3O4. The second-order valence-electron chi connectivity index (χ2n) is 7.39. The molecule has 2 aromatic rings. The van der Waals surface area contributed by atoms with E-state index in [1.807, 2.05) is 24.3 Å². The normalized spacial score (nSPS) is 22.3. The van der Waals surface area contributed by atoms with Gasteiger partial charge in [-0.05, 0) is 37.8 Å². The Morgan fingerprint density at radius 1 is 1.30 bits per heavy atom. The molecule has 1 aromatic carbocycles. The van der Waals surface area contributed by atoms with Crippen LogP contribution in [-0.4, -0.2) is 58.9 Å². The number of methoxy groups -OCH3 is 1. The lowest BCUT2D eigenvalue weighted by Gasteiger charge is -2.47. The molecule has 1 atom stereocenters. The molecule has 2 aliphatic rings. The smallest absolute Gasteiger partial charge is 0.282 e. The van der Waals surface area contributed by atoms with E-state index in [1.165, 1.54) is 4.57 Å². The summed E-state index contributed by atoms with van der Waals surface area (Å²) in [5.41, 5.74) is 0.676. The van der Waals surface area contributed by atoms with Crippen LogP contribution >= 0.6 is 0 Å². The first-order chi connectivity index (χ1) is 13.1. The Labute approximate surface area is 157 Å². The highest BCUT2D eigenvalue weighted by molar-refractivity contribution is 5.94. The van der Waals surface area contributed by atoms with E-state index >= 15 is 0 Å². The highest BCUT2D eigenvalue weighted by atomic mass is 16.5. The van der Waals surface area contributed by atoms with E-state index in [9.17, 15) is 9.59 Å². The van der Waals surface area contributed by atoms with Crippen LogP contribution in [0.25, 0.3) is 11.0 Å². The van der Waals surface area contributed by atoms with Gasteiger partial charge >= 0.3 is 0 Å². The van der Waals surface area contributed by atoms with E-state index in [0.717, 1.165) is 25.0 Å². The molecule has 3 heterocycles. The molecule has 4 rings (SSSR count). The van der Waals surface area contributed by atoms with Crippen LogP contribution in [-0.2, 0) is 16.5 Å². The van der Waals surface area contributed by atoms with Crippen molar-refractivity contribution in [1.82, 2.24) is 14.5 Å². The third kappa shape index (κ3) is 3.04. The highest BCUT2D eigenvalue weighted by Crippen LogP contribution is 2.37. The van der Waals surface area contributed by atoms with Crippen LogP contribution in [0.15, 0.2) is 29.1 Å². The molecule has 2 aliphatic heterocycles. The van der Waals surface area contributed by atoms with Crippen LogP contribution in [0.4, 0.5) is 0 Å². The van der Waals surface area contributed by atoms with Crippen LogP contribution < -0.4 is 5.56 Å². The van der Waals surface area contributed by atoms with E-state index in [1.54, 1.807) is 19.1 Å². The Bertz CT molecular complexity index is 915. The first kappa shape index (κ1) is 18.1. The first-order valence-electron chi connectivity index (χ1n) is 9.47. The van der Waals surface area contributed by atoms with Gasteiger partial charge in [0.25, 0.3) is 11.5 Å². The fourth-order valence-corrected chi connectivity index (χ4v) is 4.36. The van der Waals surface area contributed by atoms with Gasteiger partial charge in [-0.25, -0.2) is 4.98 Å². The van der Waals surface area contributed by atoms with Crippen LogP contribution in [0.2, 0.25) is 0 Å². The number of likely N-dealkylation sites (tertiary alicyclic amines) is 1. The Morgan fingerprint density at radius 3 is 2.78 bits per heavy atom. The Morgan fingerprint density at radius 2 is 2.04 bits per heavy atom. The second kappa shape index (κ2) is 7.05. The number of aromatic nitrogens is 2. The number of fused-ring (bicyclic) bond motifs is 1. The number of rotatable bonds is 2. The minimum absolute atomic E-state index is 0.0139. The zero-order chi connectivity index (χ0) is 19.0. The van der Waals surface area contributed by atoms with Gasteiger partial charge < -0.3 is 18.9 Å². The van der Waals surface area contributed by atoms with Crippen molar-refractivity contribution in [2.75, 3.05) is 26.8 Å². The van der Waals surface area contributed by atoms with Crippen molar-refractivity contribution < 1.29 is 14.3 Å². The fraction of sp³-hybridized carbons (Fsp3) is 0.550. The molecule has 2 fully saturated rings. The molecule has 0 saturated carbocycles. The largest absolute Gasteiger partial charge is 0.378 e. The van der Waals surface area contributed by atoms with E-state index in [2.05, 4.69) is 4.98 Å². The molecule has 0 unspecified atom stereocenters. The molecule has 0 bridgehead atoms. The van der Waals surface area contributed by atoms with Gasteiger partial charge in [-0.3, -0.25) is 9.59 Å². The maximum absolute atomic E-state index is 13.0. The molecule has 7 nitrogen and oxygen atoms in total. The molecule has 1 aromatic heterocycles. The molecule has 1 amide bonds. The third-order valence-electron chi connectivity index (χ3n) is 5.95. The van der Waals surface area contributed by atoms with Gasteiger partial charge in [0.05, 0.1) is 22.7 Å². The summed E-state index contributed by atoms with van der Waals surface area (Å²) in [7, 11) is 3.40. The number of carbonyl (C=O) groups is 1. The van der Waals surface area contributed by atoms with Crippen molar-refractivity contribution in [1.29, 1.82) is 0 Å². The van der Waals surface area contributed by atoms with Crippen LogP contribution in [0.3, 0.4) is 0 Å². The van der Waals surface area contributed by atoms with Gasteiger partial charge in [0.1, 0.15) is 0 Å². The number of benzene rings is 1. The standard InChI is InChI=1S/C20H25N3O4/c1-22-15-7-4-3-6-14(15)21-17(18(22)24)19(25)23-11-9-20(10-12-23)16(26-2)8-5-13-27-20/h3-4,6-7,16H,5,8-13H2,1-2H3/t16-/m0/s1. The predicted molar refractivity (Wildman–Crippen MR) is 101 cm³/mol. The SMILES string of the molecule is CO[C@H]1CCCOC12CCN(C(=O)c1nc3ccccc3n(C)c1=O)CC2. The number of carbonyl (C=O) groups excluding carboxylic acids is 1. The van der Waals surface area contributed by atoms with E-state index in [-0.39, 0.29) is 28.9 Å². The van der Waals surface area contributed by atoms with E-state index in [4.69, 9.17) is 9.47 Å². The molecular weight excluding hydrogens is 346 g/mol. The summed E-state index contributed by atoms with van der Waals surface area (Å²) in [4.78, 5) is 31.8. The molecule has 7 heteroatoms. The van der Waals surface area contributed by atoms with Crippen LogP contribution in [0.1, 0.15) is 36.2 Å². The average molecular weight is 371 g/mol. The number of amides is 1. The van der Waals surface area contributed by atoms with Crippen molar-refractivity contribution in [3.05, 3.63) is 40.3 Å². The van der Waals surface area contributed by atoms with Crippen molar-refractivity contribution in [2.45, 2.75) is 37.4 Å². The summed E-state index contributed by atoms with van der Waals surface area (Å²) in [6, 6.07) is 7.35. The van der Waals surface area contributed by atoms with Gasteiger partial charge in [-0.2, -0.15) is 0 Å². The molecule has 144 valence electrons. The zero-order valence-electron chi connectivity index (χ0n) is 15.8. The number of hydrogen-bond acceptors (Lipinski definition) is 5. The lowest BCUT2D eigenvalue weighted by Crippen LogP contribution is -2.57. The molecule has 1 spiro atoms. The molecule has 0 aliphatic carbocycles. The maximum Gasteiger partial charge on any atom is 0.282 e. The summed E-state index contributed by atoms with van der Waals surface area (Å²) in [6.07, 6.45) is 3.48. The number of piperidine rings is 1. The Kier molecular flexibility index (Phi) is 4.74. The van der Waals surface area contributed by atoms with Crippen molar-refractivity contribution in [3.63, 3.8) is 0 Å². The van der Waals surface area contributed by atoms with Gasteiger partial charge in [0.15, 0.2) is 5.69 Å². The van der Waals surface area contributed by atoms with Crippen molar-refractivity contribution in [3.8, 4) is 0 Å². The van der Waals surface area contributed by atoms with Crippen LogP contribution in [0, 0.1) is 0 Å². The molecule has 0 N–H and O–H groups in total. The first-order valence-corrected chi connectivity index (χ1v) is 9.47. The van der Waals surface area contributed by atoms with Gasteiger partial charge in [0, 0.05) is 33.9 Å². The Hall–Kier alpha value is -2.25. The summed E-state index contributed by atoms with van der Waals surface area (Å²) >= 11 is 0. The zero-order valence-corrected chi connectivity index (χ0v) is 15.8. The summed E-state index contributed by atoms with van der Waals surface area (Å²) in [6.45, 7) is 1.81. The van der Waals surface area contributed by atoms with Crippen molar-refractivity contribution >= 4 is 16.9 Å². The van der Waals surface area contributed by atoms with Crippen molar-refractivity contribution in [2.24, 2.45) is 7.05 Å². The summed E-state index contributed by atoms with van der Waals surface area (Å²) < 4.78 is 13.2. The summed E-state index contributed by atoms with van der Waals surface area (Å²) in [5, 5.41) is 0. The highest BCUT2D eigenvalue weighted by Gasteiger charge is 2.45. The maximum atomic E-state index is 13.0. The third-order valence-corrected chi connectivity index (χ3v) is 5.95. The number of nitrogens with zero attached hydrogens (tertiary/aromatic N) is 3. The number of aryl methyl sites for hydroxylation is 1. The lowest BCUT2D eigenvalue weighted by atomic mass is 9.82. The average Bonchev–Trinajstić information content (AvgIpc) is 2.71. The van der Waals surface area contributed by atoms with Gasteiger partial charge in [0.2, 0.25) is 0 Å². The van der Waals surface area contributed by atoms with E-state index in [0.29, 0.717) is 31.4 Å². The number of hydrogen-bond donors (Lipinski definition) is 0. The van der Waals surface area contributed by atoms with E-state index < -0.39 is 0 Å². The Balaban J connectivity index is 1.57. The van der Waals surface area contributed by atoms with Gasteiger partial charge in [-0.1, -0.05) is 12.1 Å². The number of para-hydroxylation sites is 2. The monoisotopic (exact) mass is 371 g/mol. The van der Waals surface area contributed by atoms with Crippen LogP contribution in [0.5, 0.6) is 0 Å².